The van der Waals surface area contributed by atoms with E-state index in [1.54, 1.807) is 0 Å². The van der Waals surface area contributed by atoms with Gasteiger partial charge in [-0.05, 0) is 31.3 Å². The Morgan fingerprint density at radius 2 is 2.14 bits per heavy atom. The summed E-state index contributed by atoms with van der Waals surface area (Å²) in [7, 11) is 1.33. The van der Waals surface area contributed by atoms with Gasteiger partial charge in [-0.25, -0.2) is 4.79 Å². The van der Waals surface area contributed by atoms with E-state index in [1.165, 1.54) is 38.5 Å². The quantitative estimate of drug-likeness (QED) is 0.380. The fourth-order valence-corrected chi connectivity index (χ4v) is 3.24. The van der Waals surface area contributed by atoms with Crippen LogP contribution in [0.3, 0.4) is 0 Å². The van der Waals surface area contributed by atoms with Crippen molar-refractivity contribution in [3.8, 4) is 0 Å². The maximum absolute atomic E-state index is 11.3. The molecule has 0 aromatic carbocycles. The van der Waals surface area contributed by atoms with Crippen LogP contribution in [-0.4, -0.2) is 35.5 Å². The van der Waals surface area contributed by atoms with Gasteiger partial charge >= 0.3 is 5.97 Å². The van der Waals surface area contributed by atoms with E-state index in [2.05, 4.69) is 25.5 Å². The highest BCUT2D eigenvalue weighted by atomic mass is 16.6. The Morgan fingerprint density at radius 3 is 2.64 bits per heavy atom. The number of unbranched alkanes of at least 4 members (excludes halogenated alkanes) is 1. The number of aliphatic hydroxyl groups is 1. The summed E-state index contributed by atoms with van der Waals surface area (Å²) in [6.07, 6.45) is 8.57. The Hall–Kier alpha value is -0.870. The fourth-order valence-electron chi connectivity index (χ4n) is 3.24. The Kier molecular flexibility index (Phi) is 7.07. The number of carbonyl (C=O) groups is 1. The molecule has 0 aliphatic carbocycles. The molecule has 1 aliphatic heterocycles. The van der Waals surface area contributed by atoms with Crippen molar-refractivity contribution in [1.82, 2.24) is 0 Å². The maximum Gasteiger partial charge on any atom is 0.330 e. The Morgan fingerprint density at radius 1 is 1.45 bits per heavy atom. The zero-order chi connectivity index (χ0) is 16.8. The number of epoxide rings is 1. The van der Waals surface area contributed by atoms with Crippen LogP contribution in [0.5, 0.6) is 0 Å². The lowest BCUT2D eigenvalue weighted by Crippen LogP contribution is -2.37. The average molecular weight is 312 g/mol. The molecule has 4 unspecified atom stereocenters. The van der Waals surface area contributed by atoms with E-state index in [4.69, 9.17) is 4.74 Å². The van der Waals surface area contributed by atoms with E-state index in [0.717, 1.165) is 12.8 Å². The molecular weight excluding hydrogens is 280 g/mol. The van der Waals surface area contributed by atoms with Crippen LogP contribution in [0.2, 0.25) is 0 Å². The zero-order valence-corrected chi connectivity index (χ0v) is 14.7. The summed E-state index contributed by atoms with van der Waals surface area (Å²) in [5, 5.41) is 10.8. The molecule has 22 heavy (non-hydrogen) atoms. The van der Waals surface area contributed by atoms with Gasteiger partial charge in [0.25, 0.3) is 0 Å². The SMILES string of the molecule is CCCCC(C)CC1(CC)OC1C(O)(C=CC(=O)OC)CC. The van der Waals surface area contributed by atoms with Crippen molar-refractivity contribution in [2.45, 2.75) is 83.5 Å². The summed E-state index contributed by atoms with van der Waals surface area (Å²) in [5.74, 6) is 0.126. The van der Waals surface area contributed by atoms with Crippen LogP contribution < -0.4 is 0 Å². The molecule has 0 radical (unpaired) electrons. The summed E-state index contributed by atoms with van der Waals surface area (Å²) in [4.78, 5) is 11.3. The first-order chi connectivity index (χ1) is 10.4. The van der Waals surface area contributed by atoms with Crippen molar-refractivity contribution in [3.05, 3.63) is 12.2 Å². The highest BCUT2D eigenvalue weighted by Gasteiger charge is 2.63. The molecule has 1 aliphatic rings. The second-order valence-electron chi connectivity index (χ2n) is 6.57. The smallest absolute Gasteiger partial charge is 0.330 e. The van der Waals surface area contributed by atoms with Crippen LogP contribution in [0.4, 0.5) is 0 Å². The van der Waals surface area contributed by atoms with Gasteiger partial charge in [0.15, 0.2) is 0 Å². The molecule has 0 amide bonds. The number of hydrogen-bond donors (Lipinski definition) is 1. The number of rotatable bonds is 10. The first-order valence-electron chi connectivity index (χ1n) is 8.54. The van der Waals surface area contributed by atoms with E-state index >= 15 is 0 Å². The standard InChI is InChI=1S/C18H32O4/c1-6-9-10-14(4)13-18(8-3)16(22-18)17(20,7-2)12-11-15(19)21-5/h11-12,14,16,20H,6-10,13H2,1-5H3. The lowest BCUT2D eigenvalue weighted by molar-refractivity contribution is -0.135. The third-order valence-corrected chi connectivity index (χ3v) is 4.85. The molecule has 4 atom stereocenters. The molecule has 1 heterocycles. The predicted molar refractivity (Wildman–Crippen MR) is 87.6 cm³/mol. The highest BCUT2D eigenvalue weighted by molar-refractivity contribution is 5.82. The molecule has 0 bridgehead atoms. The third kappa shape index (κ3) is 4.56. The molecule has 1 rings (SSSR count). The predicted octanol–water partition coefficient (Wildman–Crippen LogP) is 3.62. The second kappa shape index (κ2) is 8.11. The molecule has 4 heteroatoms. The Labute approximate surface area is 134 Å². The van der Waals surface area contributed by atoms with Gasteiger partial charge in [-0.15, -0.1) is 0 Å². The minimum atomic E-state index is -1.10. The normalized spacial score (nSPS) is 28.4. The van der Waals surface area contributed by atoms with Crippen molar-refractivity contribution < 1.29 is 19.4 Å². The summed E-state index contributed by atoms with van der Waals surface area (Å²) >= 11 is 0. The number of ether oxygens (including phenoxy) is 2. The molecule has 1 saturated heterocycles. The molecule has 0 spiro atoms. The number of carbonyl (C=O) groups excluding carboxylic acids is 1. The number of methoxy groups -OCH3 is 1. The molecule has 0 aromatic rings. The van der Waals surface area contributed by atoms with Crippen LogP contribution in [0, 0.1) is 5.92 Å². The lowest BCUT2D eigenvalue weighted by Gasteiger charge is -2.24. The monoisotopic (exact) mass is 312 g/mol. The topological polar surface area (TPSA) is 59.1 Å². The fraction of sp³-hybridized carbons (Fsp3) is 0.833. The largest absolute Gasteiger partial charge is 0.466 e. The van der Waals surface area contributed by atoms with E-state index in [9.17, 15) is 9.90 Å². The van der Waals surface area contributed by atoms with Gasteiger partial charge in [0.1, 0.15) is 11.7 Å². The lowest BCUT2D eigenvalue weighted by atomic mass is 9.81. The molecular formula is C18H32O4. The zero-order valence-electron chi connectivity index (χ0n) is 14.7. The van der Waals surface area contributed by atoms with Crippen LogP contribution in [0.25, 0.3) is 0 Å². The van der Waals surface area contributed by atoms with Crippen molar-refractivity contribution in [2.75, 3.05) is 7.11 Å². The molecule has 128 valence electrons. The number of hydrogen-bond acceptors (Lipinski definition) is 4. The summed E-state index contributed by atoms with van der Waals surface area (Å²) in [6.45, 7) is 8.46. The number of esters is 1. The van der Waals surface area contributed by atoms with Gasteiger partial charge in [0.2, 0.25) is 0 Å². The van der Waals surface area contributed by atoms with Gasteiger partial charge in [0, 0.05) is 6.08 Å². The minimum absolute atomic E-state index is 0.236. The van der Waals surface area contributed by atoms with Gasteiger partial charge in [-0.1, -0.05) is 47.0 Å². The van der Waals surface area contributed by atoms with Gasteiger partial charge in [-0.3, -0.25) is 0 Å². The van der Waals surface area contributed by atoms with Crippen LogP contribution in [-0.2, 0) is 14.3 Å². The van der Waals surface area contributed by atoms with Crippen molar-refractivity contribution in [1.29, 1.82) is 0 Å². The summed E-state index contributed by atoms with van der Waals surface area (Å²) in [5.41, 5.74) is -1.35. The molecule has 1 N–H and O–H groups in total. The molecule has 4 nitrogen and oxygen atoms in total. The van der Waals surface area contributed by atoms with Gasteiger partial charge in [0.05, 0.1) is 12.7 Å². The molecule has 1 fully saturated rings. The van der Waals surface area contributed by atoms with Gasteiger partial charge < -0.3 is 14.6 Å². The van der Waals surface area contributed by atoms with E-state index in [1.807, 2.05) is 6.92 Å². The first-order valence-corrected chi connectivity index (χ1v) is 8.54. The van der Waals surface area contributed by atoms with Gasteiger partial charge in [-0.2, -0.15) is 0 Å². The second-order valence-corrected chi connectivity index (χ2v) is 6.57. The maximum atomic E-state index is 11.3. The van der Waals surface area contributed by atoms with Crippen LogP contribution in [0.15, 0.2) is 12.2 Å². The summed E-state index contributed by atoms with van der Waals surface area (Å²) in [6, 6.07) is 0. The van der Waals surface area contributed by atoms with Crippen molar-refractivity contribution in [3.63, 3.8) is 0 Å². The first kappa shape index (κ1) is 19.2. The van der Waals surface area contributed by atoms with E-state index in [-0.39, 0.29) is 11.7 Å². The van der Waals surface area contributed by atoms with Crippen molar-refractivity contribution in [2.24, 2.45) is 5.92 Å². The minimum Gasteiger partial charge on any atom is -0.466 e. The molecule has 0 saturated carbocycles. The highest BCUT2D eigenvalue weighted by Crippen LogP contribution is 2.51. The van der Waals surface area contributed by atoms with Crippen LogP contribution >= 0.6 is 0 Å². The van der Waals surface area contributed by atoms with Crippen LogP contribution in [0.1, 0.15) is 66.2 Å². The molecule has 0 aromatic heterocycles. The third-order valence-electron chi connectivity index (χ3n) is 4.85. The Balaban J connectivity index is 2.74. The van der Waals surface area contributed by atoms with E-state index in [0.29, 0.717) is 12.3 Å². The summed E-state index contributed by atoms with van der Waals surface area (Å²) < 4.78 is 10.6. The average Bonchev–Trinajstić information content (AvgIpc) is 3.25. The van der Waals surface area contributed by atoms with E-state index < -0.39 is 11.6 Å². The Bertz CT molecular complexity index is 393. The van der Waals surface area contributed by atoms with Crippen molar-refractivity contribution >= 4 is 5.97 Å².